The molecule has 15 heavy (non-hydrogen) atoms. The fourth-order valence-corrected chi connectivity index (χ4v) is 1.16. The maximum Gasteiger partial charge on any atom is 0.236 e. The topological polar surface area (TPSA) is 70.6 Å². The van der Waals surface area contributed by atoms with Crippen molar-refractivity contribution < 1.29 is 14.6 Å². The Morgan fingerprint density at radius 3 is 2.67 bits per heavy atom. The van der Waals surface area contributed by atoms with Crippen LogP contribution in [0.15, 0.2) is 0 Å². The highest BCUT2D eigenvalue weighted by Crippen LogP contribution is 1.92. The maximum atomic E-state index is 11.5. The fraction of sp³-hybridized carbons (Fsp3) is 0.900. The number of hydrogen-bond acceptors (Lipinski definition) is 4. The van der Waals surface area contributed by atoms with Gasteiger partial charge in [0.2, 0.25) is 5.91 Å². The number of carbonyl (C=O) groups is 1. The fourth-order valence-electron chi connectivity index (χ4n) is 1.16. The average Bonchev–Trinajstić information content (AvgIpc) is 2.25. The van der Waals surface area contributed by atoms with Gasteiger partial charge in [-0.3, -0.25) is 4.79 Å². The highest BCUT2D eigenvalue weighted by Gasteiger charge is 2.15. The average molecular weight is 218 g/mol. The van der Waals surface area contributed by atoms with Crippen LogP contribution in [0, 0.1) is 0 Å². The molecule has 0 rings (SSSR count). The first-order valence-corrected chi connectivity index (χ1v) is 5.29. The van der Waals surface area contributed by atoms with Crippen molar-refractivity contribution in [1.29, 1.82) is 0 Å². The van der Waals surface area contributed by atoms with Crippen LogP contribution in [0.2, 0.25) is 0 Å². The Hall–Kier alpha value is -0.650. The number of aliphatic hydroxyl groups is 1. The van der Waals surface area contributed by atoms with Gasteiger partial charge in [0.15, 0.2) is 0 Å². The number of carbonyl (C=O) groups excluding carboxylic acids is 1. The van der Waals surface area contributed by atoms with E-state index in [9.17, 15) is 4.79 Å². The van der Waals surface area contributed by atoms with Crippen LogP contribution in [-0.4, -0.2) is 50.0 Å². The molecule has 0 aliphatic carbocycles. The summed E-state index contributed by atoms with van der Waals surface area (Å²) < 4.78 is 4.82. The summed E-state index contributed by atoms with van der Waals surface area (Å²) in [6.45, 7) is 4.81. The van der Waals surface area contributed by atoms with Gasteiger partial charge in [0.05, 0.1) is 19.3 Å². The molecule has 0 radical (unpaired) electrons. The zero-order chi connectivity index (χ0) is 11.7. The van der Waals surface area contributed by atoms with E-state index in [1.807, 2.05) is 6.92 Å². The van der Waals surface area contributed by atoms with Crippen molar-refractivity contribution in [2.75, 3.05) is 26.9 Å². The first kappa shape index (κ1) is 14.3. The van der Waals surface area contributed by atoms with Crippen LogP contribution in [0.4, 0.5) is 0 Å². The monoisotopic (exact) mass is 218 g/mol. The second kappa shape index (κ2) is 8.64. The number of nitrogens with one attached hydrogen (secondary N) is 2. The number of rotatable bonds is 8. The maximum absolute atomic E-state index is 11.5. The van der Waals surface area contributed by atoms with Crippen molar-refractivity contribution in [2.45, 2.75) is 32.4 Å². The molecule has 0 fully saturated rings. The molecule has 0 aromatic carbocycles. The van der Waals surface area contributed by atoms with Crippen LogP contribution in [-0.2, 0) is 9.53 Å². The van der Waals surface area contributed by atoms with E-state index < -0.39 is 0 Å². The molecular weight excluding hydrogens is 196 g/mol. The molecule has 2 atom stereocenters. The van der Waals surface area contributed by atoms with E-state index in [1.165, 1.54) is 0 Å². The molecule has 0 heterocycles. The Balaban J connectivity index is 3.77. The normalized spacial score (nSPS) is 14.7. The number of hydrogen-bond donors (Lipinski definition) is 3. The molecule has 0 aliphatic heterocycles. The number of ether oxygens (including phenoxy) is 1. The lowest BCUT2D eigenvalue weighted by molar-refractivity contribution is -0.123. The van der Waals surface area contributed by atoms with Gasteiger partial charge >= 0.3 is 0 Å². The minimum Gasteiger partial charge on any atom is -0.395 e. The third-order valence-corrected chi connectivity index (χ3v) is 2.20. The van der Waals surface area contributed by atoms with Gasteiger partial charge in [-0.05, 0) is 13.3 Å². The van der Waals surface area contributed by atoms with Crippen molar-refractivity contribution >= 4 is 5.91 Å². The van der Waals surface area contributed by atoms with Crippen molar-refractivity contribution in [3.8, 4) is 0 Å². The van der Waals surface area contributed by atoms with E-state index >= 15 is 0 Å². The van der Waals surface area contributed by atoms with Gasteiger partial charge in [-0.1, -0.05) is 6.92 Å². The Bertz CT molecular complexity index is 172. The van der Waals surface area contributed by atoms with Gasteiger partial charge < -0.3 is 20.5 Å². The molecule has 3 N–H and O–H groups in total. The van der Waals surface area contributed by atoms with Gasteiger partial charge in [0, 0.05) is 19.7 Å². The predicted octanol–water partition coefficient (Wildman–Crippen LogP) is -0.502. The van der Waals surface area contributed by atoms with E-state index in [0.29, 0.717) is 13.2 Å². The summed E-state index contributed by atoms with van der Waals surface area (Å²) in [5, 5.41) is 14.7. The molecule has 0 saturated heterocycles. The first-order chi connectivity index (χ1) is 7.15. The lowest BCUT2D eigenvalue weighted by Gasteiger charge is -2.19. The lowest BCUT2D eigenvalue weighted by Crippen LogP contribution is -2.48. The predicted molar refractivity (Wildman–Crippen MR) is 58.6 cm³/mol. The van der Waals surface area contributed by atoms with Gasteiger partial charge in [-0.2, -0.15) is 0 Å². The van der Waals surface area contributed by atoms with E-state index in [1.54, 1.807) is 14.0 Å². The number of aliphatic hydroxyl groups excluding tert-OH is 1. The third-order valence-electron chi connectivity index (χ3n) is 2.20. The quantitative estimate of drug-likeness (QED) is 0.480. The molecule has 90 valence electrons. The van der Waals surface area contributed by atoms with E-state index in [-0.39, 0.29) is 24.6 Å². The summed E-state index contributed by atoms with van der Waals surface area (Å²) in [6, 6.07) is -0.313. The van der Waals surface area contributed by atoms with Gasteiger partial charge in [-0.25, -0.2) is 0 Å². The van der Waals surface area contributed by atoms with Gasteiger partial charge in [0.25, 0.3) is 0 Å². The van der Waals surface area contributed by atoms with Crippen molar-refractivity contribution in [2.24, 2.45) is 0 Å². The molecule has 0 spiro atoms. The van der Waals surface area contributed by atoms with Gasteiger partial charge in [0.1, 0.15) is 0 Å². The van der Waals surface area contributed by atoms with Crippen LogP contribution in [0.1, 0.15) is 20.3 Å². The highest BCUT2D eigenvalue weighted by atomic mass is 16.5. The van der Waals surface area contributed by atoms with Crippen molar-refractivity contribution in [1.82, 2.24) is 10.6 Å². The molecule has 0 bridgehead atoms. The molecule has 0 aromatic rings. The van der Waals surface area contributed by atoms with E-state index in [4.69, 9.17) is 9.84 Å². The largest absolute Gasteiger partial charge is 0.395 e. The van der Waals surface area contributed by atoms with Crippen LogP contribution < -0.4 is 10.6 Å². The minimum absolute atomic E-state index is 0.0202. The third kappa shape index (κ3) is 6.43. The Morgan fingerprint density at radius 2 is 2.20 bits per heavy atom. The summed E-state index contributed by atoms with van der Waals surface area (Å²) in [6.07, 6.45) is 0.798. The van der Waals surface area contributed by atoms with Crippen LogP contribution in [0.25, 0.3) is 0 Å². The zero-order valence-corrected chi connectivity index (χ0v) is 9.75. The molecule has 2 unspecified atom stereocenters. The standard InChI is InChI=1S/C10H22N2O3/c1-4-9(7-13)12-8(2)10(14)11-5-6-15-3/h8-9,12-13H,4-7H2,1-3H3,(H,11,14). The Morgan fingerprint density at radius 1 is 1.53 bits per heavy atom. The Labute approximate surface area is 91.2 Å². The molecule has 5 nitrogen and oxygen atoms in total. The summed E-state index contributed by atoms with van der Waals surface area (Å²) in [5.74, 6) is -0.0704. The molecule has 0 aromatic heterocycles. The molecule has 0 aliphatic rings. The van der Waals surface area contributed by atoms with Crippen LogP contribution >= 0.6 is 0 Å². The molecule has 1 amide bonds. The molecule has 5 heteroatoms. The minimum atomic E-state index is -0.293. The highest BCUT2D eigenvalue weighted by molar-refractivity contribution is 5.81. The SMILES string of the molecule is CCC(CO)NC(C)C(=O)NCCOC. The van der Waals surface area contributed by atoms with E-state index in [0.717, 1.165) is 6.42 Å². The lowest BCUT2D eigenvalue weighted by atomic mass is 10.2. The number of amides is 1. The zero-order valence-electron chi connectivity index (χ0n) is 9.75. The first-order valence-electron chi connectivity index (χ1n) is 5.29. The van der Waals surface area contributed by atoms with Crippen LogP contribution in [0.5, 0.6) is 0 Å². The second-order valence-corrected chi connectivity index (χ2v) is 3.46. The number of methoxy groups -OCH3 is 1. The Kier molecular flexibility index (Phi) is 8.27. The molecule has 0 saturated carbocycles. The summed E-state index contributed by atoms with van der Waals surface area (Å²) in [4.78, 5) is 11.5. The second-order valence-electron chi connectivity index (χ2n) is 3.46. The van der Waals surface area contributed by atoms with Gasteiger partial charge in [-0.15, -0.1) is 0 Å². The van der Waals surface area contributed by atoms with Crippen molar-refractivity contribution in [3.05, 3.63) is 0 Å². The smallest absolute Gasteiger partial charge is 0.236 e. The summed E-state index contributed by atoms with van der Waals surface area (Å²) in [7, 11) is 1.59. The van der Waals surface area contributed by atoms with Crippen molar-refractivity contribution in [3.63, 3.8) is 0 Å². The summed E-state index contributed by atoms with van der Waals surface area (Å²) >= 11 is 0. The summed E-state index contributed by atoms with van der Waals surface area (Å²) in [5.41, 5.74) is 0. The molecular formula is C10H22N2O3. The van der Waals surface area contributed by atoms with Crippen LogP contribution in [0.3, 0.4) is 0 Å². The van der Waals surface area contributed by atoms with E-state index in [2.05, 4.69) is 10.6 Å².